The number of hydrogen-bond donors (Lipinski definition) is 3. The van der Waals surface area contributed by atoms with Crippen molar-refractivity contribution in [3.05, 3.63) is 48.0 Å². The van der Waals surface area contributed by atoms with E-state index in [1.54, 1.807) is 30.5 Å². The summed E-state index contributed by atoms with van der Waals surface area (Å²) in [5.41, 5.74) is 14.5. The van der Waals surface area contributed by atoms with Gasteiger partial charge in [-0.05, 0) is 43.9 Å². The number of halogens is 1. The van der Waals surface area contributed by atoms with Crippen LogP contribution in [0.4, 0.5) is 4.39 Å². The molecule has 1 aliphatic rings. The van der Waals surface area contributed by atoms with Gasteiger partial charge in [-0.2, -0.15) is 0 Å². The van der Waals surface area contributed by atoms with Crippen molar-refractivity contribution in [2.45, 2.75) is 65.5 Å². The van der Waals surface area contributed by atoms with E-state index in [4.69, 9.17) is 16.9 Å². The van der Waals surface area contributed by atoms with Gasteiger partial charge in [0.2, 0.25) is 0 Å². The van der Waals surface area contributed by atoms with Crippen molar-refractivity contribution >= 4 is 23.2 Å². The van der Waals surface area contributed by atoms with E-state index in [-0.39, 0.29) is 23.7 Å². The van der Waals surface area contributed by atoms with Crippen LogP contribution in [-0.2, 0) is 0 Å². The van der Waals surface area contributed by atoms with Gasteiger partial charge in [0.15, 0.2) is 5.84 Å². The van der Waals surface area contributed by atoms with Crippen LogP contribution in [0, 0.1) is 11.2 Å². The Morgan fingerprint density at radius 2 is 1.94 bits per heavy atom. The molecule has 5 N–H and O–H groups in total. The molecule has 2 unspecified atom stereocenters. The molecule has 0 amide bonds. The highest BCUT2D eigenvalue weighted by atomic mass is 19.1. The maximum Gasteiger partial charge on any atom is 0.151 e. The zero-order valence-corrected chi connectivity index (χ0v) is 19.3. The standard InChI is InChI=1S/C20H22FN7.2C2H6/c21-15-7-2-1-6-14(15)20-27-17-10-25-16(19(24)26-11-22)9-18(17)28(20)13-5-3-4-12(23)8-13;2*1-2/h1-2,6-7,9-13H,3-5,8,23H2,(H3,22,24,26);2*1-2H3. The molecule has 2 aromatic heterocycles. The van der Waals surface area contributed by atoms with E-state index in [1.165, 1.54) is 6.07 Å². The van der Waals surface area contributed by atoms with Gasteiger partial charge in [-0.25, -0.2) is 14.4 Å². The van der Waals surface area contributed by atoms with Gasteiger partial charge in [-0.15, -0.1) is 0 Å². The van der Waals surface area contributed by atoms with Gasteiger partial charge in [-0.3, -0.25) is 10.4 Å². The number of nitrogens with two attached hydrogens (primary N) is 2. The number of aromatic nitrogens is 3. The van der Waals surface area contributed by atoms with E-state index < -0.39 is 0 Å². The molecular formula is C24H34FN7. The third kappa shape index (κ3) is 5.37. The van der Waals surface area contributed by atoms with Crippen molar-refractivity contribution < 1.29 is 4.39 Å². The van der Waals surface area contributed by atoms with Gasteiger partial charge >= 0.3 is 0 Å². The first-order valence-corrected chi connectivity index (χ1v) is 11.3. The van der Waals surface area contributed by atoms with Crippen LogP contribution >= 0.6 is 0 Å². The summed E-state index contributed by atoms with van der Waals surface area (Å²) in [6.45, 7) is 8.00. The number of nitrogens with one attached hydrogen (secondary N) is 1. The average Bonchev–Trinajstić information content (AvgIpc) is 3.20. The van der Waals surface area contributed by atoms with Gasteiger partial charge in [0, 0.05) is 12.1 Å². The second-order valence-corrected chi connectivity index (χ2v) is 7.07. The maximum atomic E-state index is 14.6. The zero-order valence-electron chi connectivity index (χ0n) is 19.3. The number of fused-ring (bicyclic) bond motifs is 1. The number of benzene rings is 1. The maximum absolute atomic E-state index is 14.6. The Balaban J connectivity index is 0.000000860. The summed E-state index contributed by atoms with van der Waals surface area (Å²) < 4.78 is 16.6. The fraction of sp³-hybridized carbons (Fsp3) is 0.417. The predicted molar refractivity (Wildman–Crippen MR) is 131 cm³/mol. The molecule has 8 heteroatoms. The average molecular weight is 440 g/mol. The summed E-state index contributed by atoms with van der Waals surface area (Å²) in [5.74, 6) is 0.392. The number of nitrogens with zero attached hydrogens (tertiary/aromatic N) is 4. The van der Waals surface area contributed by atoms with Crippen molar-refractivity contribution in [1.82, 2.24) is 14.5 Å². The summed E-state index contributed by atoms with van der Waals surface area (Å²) in [4.78, 5) is 12.8. The Labute approximate surface area is 189 Å². The second-order valence-electron chi connectivity index (χ2n) is 7.07. The fourth-order valence-corrected chi connectivity index (χ4v) is 3.91. The molecule has 0 saturated heterocycles. The molecular weight excluding hydrogens is 405 g/mol. The zero-order chi connectivity index (χ0) is 23.7. The molecule has 4 rings (SSSR count). The van der Waals surface area contributed by atoms with Crippen LogP contribution in [0.2, 0.25) is 0 Å². The Bertz CT molecular complexity index is 1060. The lowest BCUT2D eigenvalue weighted by Crippen LogP contribution is -2.29. The van der Waals surface area contributed by atoms with Crippen LogP contribution in [0.3, 0.4) is 0 Å². The molecule has 0 spiro atoms. The van der Waals surface area contributed by atoms with Crippen LogP contribution in [-0.4, -0.2) is 32.8 Å². The summed E-state index contributed by atoms with van der Waals surface area (Å²) >= 11 is 0. The van der Waals surface area contributed by atoms with Crippen LogP contribution < -0.4 is 11.5 Å². The molecule has 1 aliphatic carbocycles. The van der Waals surface area contributed by atoms with Crippen molar-refractivity contribution in [3.8, 4) is 11.4 Å². The number of pyridine rings is 1. The minimum absolute atomic E-state index is 0.107. The fourth-order valence-electron chi connectivity index (χ4n) is 3.91. The van der Waals surface area contributed by atoms with E-state index in [2.05, 4.69) is 19.5 Å². The third-order valence-corrected chi connectivity index (χ3v) is 5.21. The lowest BCUT2D eigenvalue weighted by molar-refractivity contribution is 0.327. The first-order valence-electron chi connectivity index (χ1n) is 11.3. The highest BCUT2D eigenvalue weighted by Gasteiger charge is 2.26. The van der Waals surface area contributed by atoms with Crippen molar-refractivity contribution in [3.63, 3.8) is 0 Å². The molecule has 0 radical (unpaired) electrons. The molecule has 1 saturated carbocycles. The smallest absolute Gasteiger partial charge is 0.151 e. The Morgan fingerprint density at radius 1 is 1.22 bits per heavy atom. The van der Waals surface area contributed by atoms with E-state index in [1.807, 2.05) is 27.7 Å². The summed E-state index contributed by atoms with van der Waals surface area (Å²) in [6.07, 6.45) is 6.24. The van der Waals surface area contributed by atoms with E-state index >= 15 is 0 Å². The molecule has 0 aliphatic heterocycles. The summed E-state index contributed by atoms with van der Waals surface area (Å²) in [7, 11) is 0. The molecule has 2 atom stereocenters. The highest BCUT2D eigenvalue weighted by Crippen LogP contribution is 2.36. The minimum Gasteiger partial charge on any atom is -0.382 e. The predicted octanol–water partition coefficient (Wildman–Crippen LogP) is 5.04. The van der Waals surface area contributed by atoms with Crippen LogP contribution in [0.25, 0.3) is 22.4 Å². The molecule has 32 heavy (non-hydrogen) atoms. The normalized spacial score (nSPS) is 18.2. The number of imidazole rings is 1. The minimum atomic E-state index is -0.322. The van der Waals surface area contributed by atoms with Gasteiger partial charge in [0.1, 0.15) is 29.2 Å². The molecule has 172 valence electrons. The van der Waals surface area contributed by atoms with Crippen LogP contribution in [0.5, 0.6) is 0 Å². The van der Waals surface area contributed by atoms with E-state index in [0.29, 0.717) is 22.6 Å². The van der Waals surface area contributed by atoms with E-state index in [9.17, 15) is 4.39 Å². The molecule has 3 aromatic rings. The largest absolute Gasteiger partial charge is 0.382 e. The van der Waals surface area contributed by atoms with Gasteiger partial charge in [0.05, 0.1) is 17.3 Å². The first-order chi connectivity index (χ1) is 15.6. The topological polar surface area (TPSA) is 119 Å². The van der Waals surface area contributed by atoms with Crippen LogP contribution in [0.1, 0.15) is 65.1 Å². The third-order valence-electron chi connectivity index (χ3n) is 5.21. The van der Waals surface area contributed by atoms with Gasteiger partial charge in [-0.1, -0.05) is 39.8 Å². The van der Waals surface area contributed by atoms with Crippen molar-refractivity contribution in [1.29, 1.82) is 5.41 Å². The lowest BCUT2D eigenvalue weighted by Gasteiger charge is -2.29. The number of amidine groups is 1. The number of aliphatic imine (C=N–C) groups is 1. The number of hydrogen-bond acceptors (Lipinski definition) is 4. The van der Waals surface area contributed by atoms with Crippen molar-refractivity contribution in [2.24, 2.45) is 16.5 Å². The SMILES string of the molecule is CC.CC.N=CN=C(N)c1cc2c(cn1)nc(-c1ccccc1F)n2C1CCCC(N)C1. The monoisotopic (exact) mass is 439 g/mol. The van der Waals surface area contributed by atoms with E-state index in [0.717, 1.165) is 37.5 Å². The van der Waals surface area contributed by atoms with Gasteiger partial charge in [0.25, 0.3) is 0 Å². The Kier molecular flexibility index (Phi) is 9.46. The quantitative estimate of drug-likeness (QED) is 0.389. The Morgan fingerprint density at radius 3 is 2.59 bits per heavy atom. The lowest BCUT2D eigenvalue weighted by atomic mass is 9.91. The highest BCUT2D eigenvalue weighted by molar-refractivity contribution is 6.01. The summed E-state index contributed by atoms with van der Waals surface area (Å²) in [5, 5.41) is 7.12. The molecule has 1 fully saturated rings. The second kappa shape index (κ2) is 12.0. The molecule has 2 heterocycles. The van der Waals surface area contributed by atoms with Gasteiger partial charge < -0.3 is 16.0 Å². The molecule has 0 bridgehead atoms. The first kappa shape index (κ1) is 25.1. The molecule has 7 nitrogen and oxygen atoms in total. The molecule has 1 aromatic carbocycles. The summed E-state index contributed by atoms with van der Waals surface area (Å²) in [6, 6.07) is 8.65. The Hall–Kier alpha value is -3.13. The van der Waals surface area contributed by atoms with Crippen LogP contribution in [0.15, 0.2) is 41.5 Å². The van der Waals surface area contributed by atoms with Crippen molar-refractivity contribution in [2.75, 3.05) is 0 Å². The number of rotatable bonds is 4.